The van der Waals surface area contributed by atoms with Crippen molar-refractivity contribution in [2.45, 2.75) is 19.7 Å². The molecule has 5 heteroatoms. The molecule has 0 bridgehead atoms. The van der Waals surface area contributed by atoms with Crippen molar-refractivity contribution in [2.75, 3.05) is 0 Å². The number of carbonyl (C=O) groups is 1. The highest BCUT2D eigenvalue weighted by atomic mass is 19.4. The number of rotatable bonds is 3. The maximum absolute atomic E-state index is 12.5. The first-order valence-electron chi connectivity index (χ1n) is 4.80. The summed E-state index contributed by atoms with van der Waals surface area (Å²) in [6.07, 6.45) is -3.44. The third-order valence-corrected chi connectivity index (χ3v) is 2.01. The average Bonchev–Trinajstić information content (AvgIpc) is 2.24. The maximum Gasteiger partial charge on any atom is 0.416 e. The van der Waals surface area contributed by atoms with Crippen LogP contribution in [0, 0.1) is 6.92 Å². The van der Waals surface area contributed by atoms with Crippen LogP contribution in [-0.2, 0) is 22.3 Å². The summed E-state index contributed by atoms with van der Waals surface area (Å²) < 4.78 is 42.1. The van der Waals surface area contributed by atoms with Crippen LogP contribution in [0.3, 0.4) is 0 Å². The van der Waals surface area contributed by atoms with E-state index in [4.69, 9.17) is 0 Å². The molecule has 0 aromatic heterocycles. The first kappa shape index (κ1) is 13.3. The zero-order valence-corrected chi connectivity index (χ0v) is 9.17. The molecule has 0 amide bonds. The fourth-order valence-corrected chi connectivity index (χ4v) is 1.32. The molecule has 17 heavy (non-hydrogen) atoms. The molecular weight excluding hydrogens is 233 g/mol. The molecule has 0 aliphatic heterocycles. The van der Waals surface area contributed by atoms with Gasteiger partial charge in [-0.05, 0) is 24.6 Å². The molecule has 92 valence electrons. The fourth-order valence-electron chi connectivity index (χ4n) is 1.32. The highest BCUT2D eigenvalue weighted by Gasteiger charge is 2.30. The second-order valence-electron chi connectivity index (χ2n) is 3.52. The van der Waals surface area contributed by atoms with Crippen LogP contribution >= 0.6 is 0 Å². The zero-order valence-electron chi connectivity index (χ0n) is 9.17. The van der Waals surface area contributed by atoms with E-state index < -0.39 is 17.7 Å². The van der Waals surface area contributed by atoms with Crippen molar-refractivity contribution >= 4 is 5.97 Å². The number of esters is 1. The van der Waals surface area contributed by atoms with Gasteiger partial charge < -0.3 is 4.74 Å². The molecule has 0 N–H and O–H groups in total. The quantitative estimate of drug-likeness (QED) is 0.602. The molecule has 1 aromatic carbocycles. The molecule has 2 nitrogen and oxygen atoms in total. The minimum Gasteiger partial charge on any atom is -0.458 e. The van der Waals surface area contributed by atoms with Gasteiger partial charge in [0.1, 0.15) is 6.61 Å². The van der Waals surface area contributed by atoms with Gasteiger partial charge >= 0.3 is 12.1 Å². The lowest BCUT2D eigenvalue weighted by Gasteiger charge is -2.10. The lowest BCUT2D eigenvalue weighted by Crippen LogP contribution is -2.07. The minimum absolute atomic E-state index is 0.199. The predicted molar refractivity (Wildman–Crippen MR) is 56.2 cm³/mol. The van der Waals surface area contributed by atoms with Crippen molar-refractivity contribution in [1.82, 2.24) is 0 Å². The summed E-state index contributed by atoms with van der Waals surface area (Å²) in [4.78, 5) is 10.8. The van der Waals surface area contributed by atoms with Gasteiger partial charge in [-0.15, -0.1) is 0 Å². The van der Waals surface area contributed by atoms with Gasteiger partial charge in [0.2, 0.25) is 0 Å². The molecule has 0 heterocycles. The number of hydrogen-bond donors (Lipinski definition) is 0. The van der Waals surface area contributed by atoms with E-state index in [1.165, 1.54) is 6.07 Å². The molecule has 0 aliphatic rings. The van der Waals surface area contributed by atoms with Crippen LogP contribution in [0.25, 0.3) is 0 Å². The lowest BCUT2D eigenvalue weighted by molar-refractivity contribution is -0.139. The van der Waals surface area contributed by atoms with E-state index in [0.29, 0.717) is 11.1 Å². The second kappa shape index (κ2) is 5.03. The Labute approximate surface area is 96.7 Å². The molecule has 0 saturated heterocycles. The SMILES string of the molecule is C=CC(=O)OCc1cc(C)cc(C(F)(F)F)c1. The van der Waals surface area contributed by atoms with Crippen molar-refractivity contribution in [3.63, 3.8) is 0 Å². The molecule has 0 unspecified atom stereocenters. The van der Waals surface area contributed by atoms with E-state index in [9.17, 15) is 18.0 Å². The Balaban J connectivity index is 2.90. The van der Waals surface area contributed by atoms with Crippen molar-refractivity contribution in [2.24, 2.45) is 0 Å². The van der Waals surface area contributed by atoms with Gasteiger partial charge in [0.15, 0.2) is 0 Å². The molecule has 0 saturated carbocycles. The van der Waals surface area contributed by atoms with Crippen LogP contribution < -0.4 is 0 Å². The molecule has 0 spiro atoms. The van der Waals surface area contributed by atoms with Gasteiger partial charge in [-0.2, -0.15) is 13.2 Å². The van der Waals surface area contributed by atoms with Gasteiger partial charge in [-0.1, -0.05) is 18.2 Å². The standard InChI is InChI=1S/C12H11F3O2/c1-3-11(16)17-7-9-4-8(2)5-10(6-9)12(13,14)15/h3-6H,1,7H2,2H3. The number of alkyl halides is 3. The van der Waals surface area contributed by atoms with Crippen LogP contribution in [0.1, 0.15) is 16.7 Å². The fraction of sp³-hybridized carbons (Fsp3) is 0.250. The van der Waals surface area contributed by atoms with E-state index in [1.54, 1.807) is 6.92 Å². The highest BCUT2D eigenvalue weighted by Crippen LogP contribution is 2.30. The predicted octanol–water partition coefficient (Wildman–Crippen LogP) is 3.24. The first-order valence-corrected chi connectivity index (χ1v) is 4.80. The molecule has 1 rings (SSSR count). The summed E-state index contributed by atoms with van der Waals surface area (Å²) in [5.41, 5.74) is 0.0131. The lowest BCUT2D eigenvalue weighted by atomic mass is 10.1. The summed E-state index contributed by atoms with van der Waals surface area (Å²) in [5, 5.41) is 0. The molecular formula is C12H11F3O2. The zero-order chi connectivity index (χ0) is 13.1. The molecule has 0 aliphatic carbocycles. The number of halogens is 3. The molecule has 0 atom stereocenters. The highest BCUT2D eigenvalue weighted by molar-refractivity contribution is 5.81. The smallest absolute Gasteiger partial charge is 0.416 e. The monoisotopic (exact) mass is 244 g/mol. The average molecular weight is 244 g/mol. The summed E-state index contributed by atoms with van der Waals surface area (Å²) in [6.45, 7) is 4.54. The van der Waals surface area contributed by atoms with Crippen molar-refractivity contribution in [3.8, 4) is 0 Å². The Bertz CT molecular complexity index is 436. The van der Waals surface area contributed by atoms with Gasteiger partial charge in [0, 0.05) is 6.08 Å². The van der Waals surface area contributed by atoms with Crippen LogP contribution in [0.2, 0.25) is 0 Å². The summed E-state index contributed by atoms with van der Waals surface area (Å²) in [7, 11) is 0. The number of benzene rings is 1. The third-order valence-electron chi connectivity index (χ3n) is 2.01. The Morgan fingerprint density at radius 2 is 2.06 bits per heavy atom. The van der Waals surface area contributed by atoms with Gasteiger partial charge in [0.05, 0.1) is 5.56 Å². The van der Waals surface area contributed by atoms with Crippen molar-refractivity contribution in [3.05, 3.63) is 47.5 Å². The Kier molecular flexibility index (Phi) is 3.93. The maximum atomic E-state index is 12.5. The molecule has 0 fully saturated rings. The van der Waals surface area contributed by atoms with Crippen LogP contribution in [0.4, 0.5) is 13.2 Å². The molecule has 1 aromatic rings. The van der Waals surface area contributed by atoms with Crippen LogP contribution in [0.15, 0.2) is 30.9 Å². The topological polar surface area (TPSA) is 26.3 Å². The van der Waals surface area contributed by atoms with Crippen molar-refractivity contribution < 1.29 is 22.7 Å². The van der Waals surface area contributed by atoms with Gasteiger partial charge in [-0.3, -0.25) is 0 Å². The first-order chi connectivity index (χ1) is 7.82. The van der Waals surface area contributed by atoms with E-state index in [1.807, 2.05) is 0 Å². The second-order valence-corrected chi connectivity index (χ2v) is 3.52. The van der Waals surface area contributed by atoms with Crippen LogP contribution in [0.5, 0.6) is 0 Å². The van der Waals surface area contributed by atoms with E-state index in [-0.39, 0.29) is 6.61 Å². The summed E-state index contributed by atoms with van der Waals surface area (Å²) in [5.74, 6) is -0.667. The Morgan fingerprint density at radius 1 is 1.41 bits per heavy atom. The summed E-state index contributed by atoms with van der Waals surface area (Å²) >= 11 is 0. The Hall–Kier alpha value is -1.78. The molecule has 0 radical (unpaired) electrons. The summed E-state index contributed by atoms with van der Waals surface area (Å²) in [6, 6.07) is 3.54. The Morgan fingerprint density at radius 3 is 2.59 bits per heavy atom. The third kappa shape index (κ3) is 3.94. The van der Waals surface area contributed by atoms with E-state index in [0.717, 1.165) is 18.2 Å². The number of carbonyl (C=O) groups excluding carboxylic acids is 1. The largest absolute Gasteiger partial charge is 0.458 e. The van der Waals surface area contributed by atoms with Gasteiger partial charge in [0.25, 0.3) is 0 Å². The van der Waals surface area contributed by atoms with E-state index in [2.05, 4.69) is 11.3 Å². The number of ether oxygens (including phenoxy) is 1. The number of hydrogen-bond acceptors (Lipinski definition) is 2. The minimum atomic E-state index is -4.40. The van der Waals surface area contributed by atoms with E-state index >= 15 is 0 Å². The normalized spacial score (nSPS) is 11.1. The van der Waals surface area contributed by atoms with Crippen molar-refractivity contribution in [1.29, 1.82) is 0 Å². The van der Waals surface area contributed by atoms with Gasteiger partial charge in [-0.25, -0.2) is 4.79 Å². The van der Waals surface area contributed by atoms with Crippen LogP contribution in [-0.4, -0.2) is 5.97 Å². The number of aryl methyl sites for hydroxylation is 1.